The minimum atomic E-state index is -0.359. The lowest BCUT2D eigenvalue weighted by molar-refractivity contribution is 0.287. The molecule has 3 nitrogen and oxygen atoms in total. The van der Waals surface area contributed by atoms with E-state index in [1.54, 1.807) is 37.1 Å². The summed E-state index contributed by atoms with van der Waals surface area (Å²) in [5.41, 5.74) is 0.531. The van der Waals surface area contributed by atoms with Crippen LogP contribution >= 0.6 is 0 Å². The Labute approximate surface area is 95.1 Å². The number of hydrogen-bond acceptors (Lipinski definition) is 3. The molecule has 0 radical (unpaired) electrons. The van der Waals surface area contributed by atoms with Crippen LogP contribution in [0.1, 0.15) is 12.5 Å². The molecule has 0 saturated carbocycles. The molecule has 0 aromatic heterocycles. The summed E-state index contributed by atoms with van der Waals surface area (Å²) in [4.78, 5) is 1.78. The van der Waals surface area contributed by atoms with Crippen LogP contribution < -0.4 is 4.74 Å². The molecule has 1 atom stereocenters. The van der Waals surface area contributed by atoms with Crippen LogP contribution in [0.3, 0.4) is 0 Å². The topological polar surface area (TPSA) is 36.3 Å². The van der Waals surface area contributed by atoms with E-state index < -0.39 is 0 Å². The highest BCUT2D eigenvalue weighted by atomic mass is 19.1. The van der Waals surface area contributed by atoms with Crippen molar-refractivity contribution < 1.29 is 9.13 Å². The van der Waals surface area contributed by atoms with Crippen molar-refractivity contribution in [1.29, 1.82) is 5.26 Å². The maximum atomic E-state index is 13.8. The average molecular weight is 222 g/mol. The largest absolute Gasteiger partial charge is 0.494 e. The molecule has 1 aromatic carbocycles. The summed E-state index contributed by atoms with van der Waals surface area (Å²) < 4.78 is 18.7. The first kappa shape index (κ1) is 12.5. The summed E-state index contributed by atoms with van der Waals surface area (Å²) in [6, 6.07) is 6.87. The highest BCUT2D eigenvalue weighted by Crippen LogP contribution is 2.21. The van der Waals surface area contributed by atoms with Gasteiger partial charge in [-0.2, -0.15) is 5.26 Å². The summed E-state index contributed by atoms with van der Waals surface area (Å²) in [5, 5.41) is 8.74. The number of methoxy groups -OCH3 is 1. The predicted molar refractivity (Wildman–Crippen MR) is 59.5 cm³/mol. The maximum absolute atomic E-state index is 13.8. The molecule has 0 aliphatic rings. The molecule has 0 fully saturated rings. The van der Waals surface area contributed by atoms with Gasteiger partial charge in [-0.05, 0) is 20.0 Å². The number of benzene rings is 1. The molecule has 4 heteroatoms. The van der Waals surface area contributed by atoms with E-state index in [2.05, 4.69) is 6.07 Å². The van der Waals surface area contributed by atoms with Gasteiger partial charge in [-0.1, -0.05) is 12.1 Å². The summed E-state index contributed by atoms with van der Waals surface area (Å²) >= 11 is 0. The summed E-state index contributed by atoms with van der Waals surface area (Å²) in [6.45, 7) is 2.16. The van der Waals surface area contributed by atoms with Crippen LogP contribution in [0.2, 0.25) is 0 Å². The Bertz CT molecular complexity index is 400. The molecule has 0 aliphatic heterocycles. The second-order valence-corrected chi connectivity index (χ2v) is 3.65. The number of nitriles is 1. The molecule has 0 bridgehead atoms. The van der Waals surface area contributed by atoms with Crippen LogP contribution in [0, 0.1) is 17.1 Å². The fourth-order valence-electron chi connectivity index (χ4n) is 1.34. The first-order valence-corrected chi connectivity index (χ1v) is 5.01. The Kier molecular flexibility index (Phi) is 4.27. The molecular formula is C12H15FN2O. The summed E-state index contributed by atoms with van der Waals surface area (Å²) in [7, 11) is 3.22. The molecule has 1 rings (SSSR count). The van der Waals surface area contributed by atoms with Gasteiger partial charge in [0.25, 0.3) is 0 Å². The van der Waals surface area contributed by atoms with Crippen molar-refractivity contribution in [2.75, 3.05) is 14.2 Å². The third-order valence-electron chi connectivity index (χ3n) is 2.53. The number of nitrogens with zero attached hydrogens (tertiary/aromatic N) is 2. The SMILES string of the molecule is COc1cccc(CN(C)C(C)C#N)c1F. The lowest BCUT2D eigenvalue weighted by Crippen LogP contribution is -2.27. The van der Waals surface area contributed by atoms with E-state index in [4.69, 9.17) is 10.00 Å². The normalized spacial score (nSPS) is 12.2. The van der Waals surface area contributed by atoms with Gasteiger partial charge in [-0.3, -0.25) is 4.90 Å². The standard InChI is InChI=1S/C12H15FN2O/c1-9(7-14)15(2)8-10-5-4-6-11(16-3)12(10)13/h4-6,9H,8H2,1-3H3. The Balaban J connectivity index is 2.86. The highest BCUT2D eigenvalue weighted by molar-refractivity contribution is 5.31. The van der Waals surface area contributed by atoms with Gasteiger partial charge in [0.15, 0.2) is 11.6 Å². The van der Waals surface area contributed by atoms with E-state index >= 15 is 0 Å². The van der Waals surface area contributed by atoms with Crippen LogP contribution in [0.5, 0.6) is 5.75 Å². The number of hydrogen-bond donors (Lipinski definition) is 0. The van der Waals surface area contributed by atoms with E-state index in [0.29, 0.717) is 12.1 Å². The first-order chi connectivity index (χ1) is 7.60. The number of halogens is 1. The molecule has 0 heterocycles. The van der Waals surface area contributed by atoms with E-state index in [1.165, 1.54) is 7.11 Å². The molecule has 0 aliphatic carbocycles. The third kappa shape index (κ3) is 2.71. The van der Waals surface area contributed by atoms with Crippen molar-refractivity contribution in [3.8, 4) is 11.8 Å². The van der Waals surface area contributed by atoms with Crippen LogP contribution in [-0.2, 0) is 6.54 Å². The van der Waals surface area contributed by atoms with Crippen LogP contribution in [0.4, 0.5) is 4.39 Å². The molecule has 1 unspecified atom stereocenters. The van der Waals surface area contributed by atoms with Crippen molar-refractivity contribution in [3.05, 3.63) is 29.6 Å². The van der Waals surface area contributed by atoms with Crippen LogP contribution in [0.15, 0.2) is 18.2 Å². The number of ether oxygens (including phenoxy) is 1. The Morgan fingerprint density at radius 2 is 2.25 bits per heavy atom. The van der Waals surface area contributed by atoms with Crippen LogP contribution in [-0.4, -0.2) is 25.1 Å². The zero-order valence-corrected chi connectivity index (χ0v) is 9.70. The van der Waals surface area contributed by atoms with Crippen molar-refractivity contribution in [2.24, 2.45) is 0 Å². The van der Waals surface area contributed by atoms with Gasteiger partial charge in [0.2, 0.25) is 0 Å². The average Bonchev–Trinajstić information content (AvgIpc) is 2.30. The predicted octanol–water partition coefficient (Wildman–Crippen LogP) is 2.18. The second kappa shape index (κ2) is 5.47. The Hall–Kier alpha value is -1.60. The quantitative estimate of drug-likeness (QED) is 0.783. The molecule has 1 aromatic rings. The fraction of sp³-hybridized carbons (Fsp3) is 0.417. The summed E-state index contributed by atoms with van der Waals surface area (Å²) in [6.07, 6.45) is 0. The van der Waals surface area contributed by atoms with E-state index in [9.17, 15) is 4.39 Å². The lowest BCUT2D eigenvalue weighted by atomic mass is 10.1. The zero-order chi connectivity index (χ0) is 12.1. The van der Waals surface area contributed by atoms with Crippen molar-refractivity contribution in [2.45, 2.75) is 19.5 Å². The van der Waals surface area contributed by atoms with Gasteiger partial charge in [-0.15, -0.1) is 0 Å². The van der Waals surface area contributed by atoms with Crippen molar-refractivity contribution in [3.63, 3.8) is 0 Å². The van der Waals surface area contributed by atoms with Gasteiger partial charge < -0.3 is 4.74 Å². The molecule has 0 saturated heterocycles. The highest BCUT2D eigenvalue weighted by Gasteiger charge is 2.13. The van der Waals surface area contributed by atoms with Crippen molar-refractivity contribution in [1.82, 2.24) is 4.90 Å². The Morgan fingerprint density at radius 3 is 2.81 bits per heavy atom. The van der Waals surface area contributed by atoms with Crippen molar-refractivity contribution >= 4 is 0 Å². The monoisotopic (exact) mass is 222 g/mol. The van der Waals surface area contributed by atoms with Crippen LogP contribution in [0.25, 0.3) is 0 Å². The second-order valence-electron chi connectivity index (χ2n) is 3.65. The molecular weight excluding hydrogens is 207 g/mol. The minimum absolute atomic E-state index is 0.232. The third-order valence-corrected chi connectivity index (χ3v) is 2.53. The molecule has 0 amide bonds. The van der Waals surface area contributed by atoms with Gasteiger partial charge in [0.05, 0.1) is 19.2 Å². The smallest absolute Gasteiger partial charge is 0.169 e. The minimum Gasteiger partial charge on any atom is -0.494 e. The number of rotatable bonds is 4. The molecule has 0 spiro atoms. The molecule has 0 N–H and O–H groups in total. The van der Waals surface area contributed by atoms with E-state index in [-0.39, 0.29) is 17.6 Å². The van der Waals surface area contributed by atoms with E-state index in [1.807, 2.05) is 0 Å². The molecule has 16 heavy (non-hydrogen) atoms. The summed E-state index contributed by atoms with van der Waals surface area (Å²) in [5.74, 6) is -0.127. The zero-order valence-electron chi connectivity index (χ0n) is 9.70. The van der Waals surface area contributed by atoms with Gasteiger partial charge in [0.1, 0.15) is 0 Å². The van der Waals surface area contributed by atoms with Gasteiger partial charge in [-0.25, -0.2) is 4.39 Å². The molecule has 86 valence electrons. The maximum Gasteiger partial charge on any atom is 0.169 e. The lowest BCUT2D eigenvalue weighted by Gasteiger charge is -2.19. The van der Waals surface area contributed by atoms with Gasteiger partial charge in [0, 0.05) is 12.1 Å². The fourth-order valence-corrected chi connectivity index (χ4v) is 1.34. The van der Waals surface area contributed by atoms with Gasteiger partial charge >= 0.3 is 0 Å². The van der Waals surface area contributed by atoms with E-state index in [0.717, 1.165) is 0 Å². The first-order valence-electron chi connectivity index (χ1n) is 5.01. The Morgan fingerprint density at radius 1 is 1.56 bits per heavy atom.